The van der Waals surface area contributed by atoms with Crippen LogP contribution in [0.1, 0.15) is 49.4 Å². The average Bonchev–Trinajstić information content (AvgIpc) is 3.36. The molecule has 0 aromatic carbocycles. The summed E-state index contributed by atoms with van der Waals surface area (Å²) in [7, 11) is 0. The molecule has 0 aliphatic heterocycles. The number of hydrogen-bond acceptors (Lipinski definition) is 5. The number of nitrogens with one attached hydrogen (secondary N) is 2. The van der Waals surface area contributed by atoms with Gasteiger partial charge in [0.1, 0.15) is 5.76 Å². The van der Waals surface area contributed by atoms with Gasteiger partial charge >= 0.3 is 0 Å². The van der Waals surface area contributed by atoms with Crippen molar-refractivity contribution in [1.82, 2.24) is 20.5 Å². The van der Waals surface area contributed by atoms with Gasteiger partial charge in [0, 0.05) is 30.6 Å². The Bertz CT molecular complexity index is 664. The largest absolute Gasteiger partial charge is 0.468 e. The summed E-state index contributed by atoms with van der Waals surface area (Å²) in [5.74, 6) is 1.81. The lowest BCUT2D eigenvalue weighted by molar-refractivity contribution is 0.198. The molecule has 0 fully saturated rings. The summed E-state index contributed by atoms with van der Waals surface area (Å²) in [4.78, 5) is 13.0. The van der Waals surface area contributed by atoms with Crippen molar-refractivity contribution in [2.75, 3.05) is 32.7 Å². The Morgan fingerprint density at radius 2 is 2.07 bits per heavy atom. The number of hydrogen-bond donors (Lipinski definition) is 2. The summed E-state index contributed by atoms with van der Waals surface area (Å²) in [5.41, 5.74) is 0. The molecule has 0 amide bonds. The highest BCUT2D eigenvalue weighted by Crippen LogP contribution is 2.21. The molecule has 6 nitrogen and oxygen atoms in total. The minimum absolute atomic E-state index is 0.150. The molecular weight excluding hydrogens is 358 g/mol. The Morgan fingerprint density at radius 1 is 1.26 bits per heavy atom. The Kier molecular flexibility index (Phi) is 9.35. The lowest BCUT2D eigenvalue weighted by Crippen LogP contribution is -2.39. The van der Waals surface area contributed by atoms with Gasteiger partial charge in [-0.05, 0) is 38.6 Å². The van der Waals surface area contributed by atoms with Crippen LogP contribution in [0.2, 0.25) is 0 Å². The zero-order chi connectivity index (χ0) is 19.5. The molecule has 2 N–H and O–H groups in total. The maximum Gasteiger partial charge on any atom is 0.191 e. The van der Waals surface area contributed by atoms with Crippen LogP contribution in [0.15, 0.2) is 34.0 Å². The van der Waals surface area contributed by atoms with Crippen LogP contribution in [-0.2, 0) is 12.8 Å². The predicted molar refractivity (Wildman–Crippen MR) is 114 cm³/mol. The minimum atomic E-state index is 0.150. The number of aliphatic imine (C=N–C) groups is 1. The molecule has 150 valence electrons. The number of aryl methyl sites for hydroxylation is 1. The molecule has 1 atom stereocenters. The van der Waals surface area contributed by atoms with Gasteiger partial charge in [0.05, 0.1) is 23.9 Å². The lowest BCUT2D eigenvalue weighted by Gasteiger charge is -2.27. The fourth-order valence-corrected chi connectivity index (χ4v) is 3.83. The van der Waals surface area contributed by atoms with Gasteiger partial charge in [-0.1, -0.05) is 20.8 Å². The van der Waals surface area contributed by atoms with Crippen LogP contribution in [0.4, 0.5) is 0 Å². The van der Waals surface area contributed by atoms with E-state index >= 15 is 0 Å². The number of guanidine groups is 1. The second-order valence-corrected chi connectivity index (χ2v) is 7.42. The van der Waals surface area contributed by atoms with Crippen LogP contribution in [0.25, 0.3) is 0 Å². The predicted octanol–water partition coefficient (Wildman–Crippen LogP) is 3.48. The molecule has 0 aliphatic carbocycles. The number of likely N-dealkylation sites (N-methyl/N-ethyl adjacent to an activating group) is 1. The van der Waals surface area contributed by atoms with E-state index in [0.29, 0.717) is 6.54 Å². The third-order valence-corrected chi connectivity index (χ3v) is 5.67. The SMILES string of the molecule is CCNC(=NCC(c1ccco1)N(CC)CC)NCCc1ncc(CC)s1. The maximum absolute atomic E-state index is 5.67. The molecule has 1 unspecified atom stereocenters. The molecular formula is C20H33N5OS. The van der Waals surface area contributed by atoms with Crippen molar-refractivity contribution in [2.45, 2.75) is 46.6 Å². The first-order chi connectivity index (χ1) is 13.2. The molecule has 0 saturated carbocycles. The molecule has 2 aromatic heterocycles. The summed E-state index contributed by atoms with van der Waals surface area (Å²) in [5, 5.41) is 7.94. The maximum atomic E-state index is 5.67. The van der Waals surface area contributed by atoms with Gasteiger partial charge in [0.25, 0.3) is 0 Å². The Balaban J connectivity index is 1.96. The highest BCUT2D eigenvalue weighted by atomic mass is 32.1. The van der Waals surface area contributed by atoms with Crippen molar-refractivity contribution in [3.63, 3.8) is 0 Å². The molecule has 0 radical (unpaired) electrons. The molecule has 27 heavy (non-hydrogen) atoms. The molecule has 0 spiro atoms. The standard InChI is InChI=1S/C20H33N5OS/c1-5-16-14-23-19(27-16)11-12-22-20(21-6-2)24-15-17(25(7-3)8-4)18-10-9-13-26-18/h9-10,13-14,17H,5-8,11-12,15H2,1-4H3,(H2,21,22,24). The van der Waals surface area contributed by atoms with E-state index in [-0.39, 0.29) is 6.04 Å². The number of thiazole rings is 1. The van der Waals surface area contributed by atoms with Gasteiger partial charge in [0.2, 0.25) is 0 Å². The van der Waals surface area contributed by atoms with E-state index in [4.69, 9.17) is 9.41 Å². The van der Waals surface area contributed by atoms with Crippen LogP contribution in [0.3, 0.4) is 0 Å². The van der Waals surface area contributed by atoms with Gasteiger partial charge in [-0.25, -0.2) is 4.98 Å². The van der Waals surface area contributed by atoms with E-state index in [9.17, 15) is 0 Å². The highest BCUT2D eigenvalue weighted by Gasteiger charge is 2.20. The van der Waals surface area contributed by atoms with Gasteiger partial charge in [-0.15, -0.1) is 11.3 Å². The second kappa shape index (κ2) is 11.8. The van der Waals surface area contributed by atoms with Crippen molar-refractivity contribution in [3.05, 3.63) is 40.2 Å². The molecule has 0 bridgehead atoms. The summed E-state index contributed by atoms with van der Waals surface area (Å²) in [6.45, 7) is 12.8. The number of rotatable bonds is 11. The fraction of sp³-hybridized carbons (Fsp3) is 0.600. The first-order valence-electron chi connectivity index (χ1n) is 9.94. The normalized spacial score (nSPS) is 13.1. The number of nitrogens with zero attached hydrogens (tertiary/aromatic N) is 3. The van der Waals surface area contributed by atoms with E-state index in [0.717, 1.165) is 50.7 Å². The topological polar surface area (TPSA) is 65.7 Å². The third-order valence-electron chi connectivity index (χ3n) is 4.47. The van der Waals surface area contributed by atoms with Crippen LogP contribution < -0.4 is 10.6 Å². The monoisotopic (exact) mass is 391 g/mol. The highest BCUT2D eigenvalue weighted by molar-refractivity contribution is 7.11. The minimum Gasteiger partial charge on any atom is -0.468 e. The van der Waals surface area contributed by atoms with Crippen molar-refractivity contribution in [1.29, 1.82) is 0 Å². The zero-order valence-electron chi connectivity index (χ0n) is 17.0. The van der Waals surface area contributed by atoms with Crippen LogP contribution >= 0.6 is 11.3 Å². The van der Waals surface area contributed by atoms with E-state index in [1.807, 2.05) is 18.3 Å². The Morgan fingerprint density at radius 3 is 2.67 bits per heavy atom. The van der Waals surface area contributed by atoms with Crippen molar-refractivity contribution < 1.29 is 4.42 Å². The molecule has 0 aliphatic rings. The summed E-state index contributed by atoms with van der Waals surface area (Å²) in [6, 6.07) is 4.13. The van der Waals surface area contributed by atoms with Gasteiger partial charge < -0.3 is 15.1 Å². The van der Waals surface area contributed by atoms with E-state index in [1.54, 1.807) is 17.6 Å². The Hall–Kier alpha value is -1.86. The van der Waals surface area contributed by atoms with Gasteiger partial charge in [-0.2, -0.15) is 0 Å². The number of aromatic nitrogens is 1. The zero-order valence-corrected chi connectivity index (χ0v) is 17.8. The summed E-state index contributed by atoms with van der Waals surface area (Å²) < 4.78 is 5.67. The smallest absolute Gasteiger partial charge is 0.191 e. The lowest BCUT2D eigenvalue weighted by atomic mass is 10.2. The third kappa shape index (κ3) is 6.66. The molecule has 7 heteroatoms. The van der Waals surface area contributed by atoms with Gasteiger partial charge in [0.15, 0.2) is 5.96 Å². The van der Waals surface area contributed by atoms with Crippen LogP contribution in [0, 0.1) is 0 Å². The van der Waals surface area contributed by atoms with Crippen molar-refractivity contribution >= 4 is 17.3 Å². The molecule has 2 rings (SSSR count). The quantitative estimate of drug-likeness (QED) is 0.453. The number of furan rings is 1. The van der Waals surface area contributed by atoms with E-state index < -0.39 is 0 Å². The molecule has 2 aromatic rings. The van der Waals surface area contributed by atoms with Gasteiger partial charge in [-0.3, -0.25) is 9.89 Å². The molecule has 2 heterocycles. The van der Waals surface area contributed by atoms with Crippen molar-refractivity contribution in [2.24, 2.45) is 4.99 Å². The molecule has 0 saturated heterocycles. The summed E-state index contributed by atoms with van der Waals surface area (Å²) in [6.07, 6.45) is 5.68. The van der Waals surface area contributed by atoms with Crippen LogP contribution in [-0.4, -0.2) is 48.6 Å². The summed E-state index contributed by atoms with van der Waals surface area (Å²) >= 11 is 1.79. The second-order valence-electron chi connectivity index (χ2n) is 6.22. The van der Waals surface area contributed by atoms with E-state index in [2.05, 4.69) is 48.2 Å². The van der Waals surface area contributed by atoms with Crippen LogP contribution in [0.5, 0.6) is 0 Å². The van der Waals surface area contributed by atoms with E-state index in [1.165, 1.54) is 9.88 Å². The first-order valence-corrected chi connectivity index (χ1v) is 10.8. The first kappa shape index (κ1) is 21.4. The van der Waals surface area contributed by atoms with Crippen molar-refractivity contribution in [3.8, 4) is 0 Å². The Labute approximate surface area is 167 Å². The average molecular weight is 392 g/mol. The fourth-order valence-electron chi connectivity index (χ4n) is 2.97.